The van der Waals surface area contributed by atoms with Gasteiger partial charge in [0.05, 0.1) is 12.2 Å². The van der Waals surface area contributed by atoms with Gasteiger partial charge in [0.2, 0.25) is 0 Å². The third kappa shape index (κ3) is 3.95. The maximum atomic E-state index is 10.1. The lowest BCUT2D eigenvalue weighted by Crippen LogP contribution is -2.33. The molecule has 0 heterocycles. The van der Waals surface area contributed by atoms with E-state index in [1.807, 2.05) is 13.8 Å². The largest absolute Gasteiger partial charge is 0.387 e. The SMILES string of the molecule is CCOCC(C)(O)Cc1ccc(C)c(C)c1. The maximum absolute atomic E-state index is 10.1. The van der Waals surface area contributed by atoms with Gasteiger partial charge in [-0.05, 0) is 44.4 Å². The van der Waals surface area contributed by atoms with E-state index in [-0.39, 0.29) is 0 Å². The van der Waals surface area contributed by atoms with Crippen LogP contribution in [-0.2, 0) is 11.2 Å². The van der Waals surface area contributed by atoms with Gasteiger partial charge in [0.15, 0.2) is 0 Å². The molecule has 1 N–H and O–H groups in total. The Morgan fingerprint density at radius 2 is 1.94 bits per heavy atom. The van der Waals surface area contributed by atoms with Crippen LogP contribution in [0.2, 0.25) is 0 Å². The summed E-state index contributed by atoms with van der Waals surface area (Å²) in [5.41, 5.74) is 2.93. The van der Waals surface area contributed by atoms with Crippen LogP contribution in [-0.4, -0.2) is 23.9 Å². The molecular weight excluding hydrogens is 200 g/mol. The van der Waals surface area contributed by atoms with E-state index in [9.17, 15) is 5.11 Å². The highest BCUT2D eigenvalue weighted by atomic mass is 16.5. The number of rotatable bonds is 5. The summed E-state index contributed by atoms with van der Waals surface area (Å²) in [6.07, 6.45) is 0.633. The highest BCUT2D eigenvalue weighted by Gasteiger charge is 2.21. The van der Waals surface area contributed by atoms with Crippen LogP contribution >= 0.6 is 0 Å². The van der Waals surface area contributed by atoms with Crippen molar-refractivity contribution in [1.82, 2.24) is 0 Å². The van der Waals surface area contributed by atoms with Crippen molar-refractivity contribution in [3.8, 4) is 0 Å². The lowest BCUT2D eigenvalue weighted by molar-refractivity contribution is -0.0296. The van der Waals surface area contributed by atoms with E-state index >= 15 is 0 Å². The van der Waals surface area contributed by atoms with E-state index in [4.69, 9.17) is 4.74 Å². The Labute approximate surface area is 98.3 Å². The van der Waals surface area contributed by atoms with E-state index in [1.54, 1.807) is 0 Å². The number of benzene rings is 1. The number of hydrogen-bond acceptors (Lipinski definition) is 2. The van der Waals surface area contributed by atoms with Gasteiger partial charge in [-0.1, -0.05) is 18.2 Å². The van der Waals surface area contributed by atoms with Crippen molar-refractivity contribution in [3.63, 3.8) is 0 Å². The number of hydrogen-bond donors (Lipinski definition) is 1. The highest BCUT2D eigenvalue weighted by molar-refractivity contribution is 5.30. The van der Waals surface area contributed by atoms with Gasteiger partial charge in [-0.2, -0.15) is 0 Å². The van der Waals surface area contributed by atoms with Crippen LogP contribution in [0, 0.1) is 13.8 Å². The molecule has 0 saturated heterocycles. The Hall–Kier alpha value is -0.860. The predicted molar refractivity (Wildman–Crippen MR) is 66.7 cm³/mol. The van der Waals surface area contributed by atoms with Crippen LogP contribution in [0.25, 0.3) is 0 Å². The normalized spacial score (nSPS) is 14.8. The second-order valence-electron chi connectivity index (χ2n) is 4.73. The minimum atomic E-state index is -0.780. The maximum Gasteiger partial charge on any atom is 0.0892 e. The molecule has 0 aliphatic rings. The van der Waals surface area contributed by atoms with Crippen LogP contribution in [0.1, 0.15) is 30.5 Å². The molecule has 1 atom stereocenters. The van der Waals surface area contributed by atoms with E-state index in [0.717, 1.165) is 5.56 Å². The molecule has 0 bridgehead atoms. The molecule has 0 fully saturated rings. The molecule has 1 rings (SSSR count). The van der Waals surface area contributed by atoms with Gasteiger partial charge in [0, 0.05) is 13.0 Å². The summed E-state index contributed by atoms with van der Waals surface area (Å²) < 4.78 is 5.27. The Bertz CT molecular complexity index is 343. The smallest absolute Gasteiger partial charge is 0.0892 e. The molecule has 0 saturated carbocycles. The quantitative estimate of drug-likeness (QED) is 0.830. The van der Waals surface area contributed by atoms with Crippen molar-refractivity contribution in [2.75, 3.05) is 13.2 Å². The molecule has 0 aromatic heterocycles. The van der Waals surface area contributed by atoms with Crippen LogP contribution < -0.4 is 0 Å². The van der Waals surface area contributed by atoms with Crippen molar-refractivity contribution >= 4 is 0 Å². The zero-order valence-corrected chi connectivity index (χ0v) is 10.7. The summed E-state index contributed by atoms with van der Waals surface area (Å²) in [6.45, 7) is 8.97. The molecule has 90 valence electrons. The first kappa shape index (κ1) is 13.2. The monoisotopic (exact) mass is 222 g/mol. The minimum absolute atomic E-state index is 0.385. The first-order chi connectivity index (χ1) is 7.44. The van der Waals surface area contributed by atoms with Crippen molar-refractivity contribution < 1.29 is 9.84 Å². The molecule has 1 aromatic rings. The lowest BCUT2D eigenvalue weighted by atomic mass is 9.95. The molecule has 0 radical (unpaired) electrons. The van der Waals surface area contributed by atoms with Crippen LogP contribution in [0.5, 0.6) is 0 Å². The summed E-state index contributed by atoms with van der Waals surface area (Å²) in [7, 11) is 0. The third-order valence-corrected chi connectivity index (χ3v) is 2.77. The van der Waals surface area contributed by atoms with Crippen LogP contribution in [0.4, 0.5) is 0 Å². The molecule has 2 nitrogen and oxygen atoms in total. The Morgan fingerprint density at radius 3 is 2.50 bits per heavy atom. The zero-order chi connectivity index (χ0) is 12.2. The Balaban J connectivity index is 2.68. The summed E-state index contributed by atoms with van der Waals surface area (Å²) in [4.78, 5) is 0. The van der Waals surface area contributed by atoms with Gasteiger partial charge in [-0.15, -0.1) is 0 Å². The van der Waals surface area contributed by atoms with E-state index in [1.165, 1.54) is 11.1 Å². The summed E-state index contributed by atoms with van der Waals surface area (Å²) in [6, 6.07) is 6.31. The Morgan fingerprint density at radius 1 is 1.25 bits per heavy atom. The van der Waals surface area contributed by atoms with Crippen molar-refractivity contribution in [2.45, 2.75) is 39.7 Å². The van der Waals surface area contributed by atoms with Gasteiger partial charge in [0.1, 0.15) is 0 Å². The highest BCUT2D eigenvalue weighted by Crippen LogP contribution is 2.16. The van der Waals surface area contributed by atoms with E-state index in [2.05, 4.69) is 32.0 Å². The zero-order valence-electron chi connectivity index (χ0n) is 10.7. The second-order valence-corrected chi connectivity index (χ2v) is 4.73. The molecule has 0 amide bonds. The molecule has 1 unspecified atom stereocenters. The number of aliphatic hydroxyl groups is 1. The van der Waals surface area contributed by atoms with Crippen LogP contribution in [0.3, 0.4) is 0 Å². The predicted octanol–water partition coefficient (Wildman–Crippen LogP) is 2.63. The van der Waals surface area contributed by atoms with Crippen molar-refractivity contribution in [3.05, 3.63) is 34.9 Å². The molecule has 0 aliphatic heterocycles. The number of ether oxygens (including phenoxy) is 1. The van der Waals surface area contributed by atoms with E-state index < -0.39 is 5.60 Å². The first-order valence-electron chi connectivity index (χ1n) is 5.81. The standard InChI is InChI=1S/C14H22O2/c1-5-16-10-14(4,15)9-13-7-6-11(2)12(3)8-13/h6-8,15H,5,9-10H2,1-4H3. The van der Waals surface area contributed by atoms with Gasteiger partial charge < -0.3 is 9.84 Å². The van der Waals surface area contributed by atoms with E-state index in [0.29, 0.717) is 19.6 Å². The molecule has 2 heteroatoms. The molecule has 0 aliphatic carbocycles. The topological polar surface area (TPSA) is 29.5 Å². The summed E-state index contributed by atoms with van der Waals surface area (Å²) >= 11 is 0. The fourth-order valence-electron chi connectivity index (χ4n) is 1.73. The molecular formula is C14H22O2. The molecule has 1 aromatic carbocycles. The summed E-state index contributed by atoms with van der Waals surface area (Å²) in [5, 5.41) is 10.1. The van der Waals surface area contributed by atoms with Crippen molar-refractivity contribution in [2.24, 2.45) is 0 Å². The van der Waals surface area contributed by atoms with Crippen molar-refractivity contribution in [1.29, 1.82) is 0 Å². The fraction of sp³-hybridized carbons (Fsp3) is 0.571. The van der Waals surface area contributed by atoms with Gasteiger partial charge in [0.25, 0.3) is 0 Å². The average molecular weight is 222 g/mol. The average Bonchev–Trinajstić information content (AvgIpc) is 2.20. The summed E-state index contributed by atoms with van der Waals surface area (Å²) in [5.74, 6) is 0. The van der Waals surface area contributed by atoms with Gasteiger partial charge in [-0.3, -0.25) is 0 Å². The first-order valence-corrected chi connectivity index (χ1v) is 5.81. The number of aryl methyl sites for hydroxylation is 2. The minimum Gasteiger partial charge on any atom is -0.387 e. The second kappa shape index (κ2) is 5.46. The van der Waals surface area contributed by atoms with Crippen LogP contribution in [0.15, 0.2) is 18.2 Å². The third-order valence-electron chi connectivity index (χ3n) is 2.77. The van der Waals surface area contributed by atoms with Gasteiger partial charge >= 0.3 is 0 Å². The molecule has 0 spiro atoms. The fourth-order valence-corrected chi connectivity index (χ4v) is 1.73. The molecule has 16 heavy (non-hydrogen) atoms. The Kier molecular flexibility index (Phi) is 4.51. The lowest BCUT2D eigenvalue weighted by Gasteiger charge is -2.23. The van der Waals surface area contributed by atoms with Gasteiger partial charge in [-0.25, -0.2) is 0 Å².